The molecule has 1 atom stereocenters. The minimum Gasteiger partial charge on any atom is -0.480 e. The van der Waals surface area contributed by atoms with Gasteiger partial charge in [0, 0.05) is 19.8 Å². The van der Waals surface area contributed by atoms with Gasteiger partial charge in [-0.1, -0.05) is 12.1 Å². The van der Waals surface area contributed by atoms with Crippen molar-refractivity contribution in [3.63, 3.8) is 0 Å². The van der Waals surface area contributed by atoms with Gasteiger partial charge in [0.25, 0.3) is 0 Å². The van der Waals surface area contributed by atoms with Crippen LogP contribution in [0.3, 0.4) is 0 Å². The number of carboxylic acids is 1. The van der Waals surface area contributed by atoms with Gasteiger partial charge in [-0.2, -0.15) is 15.0 Å². The molecule has 0 aromatic heterocycles. The fraction of sp³-hybridized carbons (Fsp3) is 0.174. The molecule has 12 nitrogen and oxygen atoms in total. The molecule has 0 bridgehead atoms. The van der Waals surface area contributed by atoms with Gasteiger partial charge in [-0.25, -0.2) is 13.0 Å². The van der Waals surface area contributed by atoms with E-state index in [9.17, 15) is 22.9 Å². The van der Waals surface area contributed by atoms with E-state index in [2.05, 4.69) is 19.5 Å². The van der Waals surface area contributed by atoms with Crippen molar-refractivity contribution in [2.24, 2.45) is 10.2 Å². The van der Waals surface area contributed by atoms with E-state index in [-0.39, 0.29) is 17.1 Å². The highest BCUT2D eigenvalue weighted by atomic mass is 32.2. The van der Waals surface area contributed by atoms with Crippen LogP contribution in [0, 0.1) is 0 Å². The highest BCUT2D eigenvalue weighted by molar-refractivity contribution is 7.89. The average molecular weight is 549 g/mol. The molecule has 0 aliphatic rings. The lowest BCUT2D eigenvalue weighted by atomic mass is 10.1. The van der Waals surface area contributed by atoms with Crippen LogP contribution < -0.4 is 14.1 Å². The number of sulfonamides is 1. The fourth-order valence-corrected chi connectivity index (χ4v) is 4.70. The topological polar surface area (TPSA) is 178 Å². The van der Waals surface area contributed by atoms with Crippen molar-refractivity contribution < 1.29 is 37.2 Å². The highest BCUT2D eigenvalue weighted by Crippen LogP contribution is 2.37. The number of carboxylic acid groups (broad SMARTS) is 1. The molecule has 0 fully saturated rings. The Morgan fingerprint density at radius 3 is 1.92 bits per heavy atom. The maximum absolute atomic E-state index is 12.8. The van der Waals surface area contributed by atoms with Gasteiger partial charge in [-0.3, -0.25) is 14.6 Å². The van der Waals surface area contributed by atoms with Gasteiger partial charge in [0.2, 0.25) is 10.0 Å². The number of azo groups is 1. The number of phosphoric acid groups is 1. The Morgan fingerprint density at radius 2 is 1.46 bits per heavy atom. The first-order chi connectivity index (χ1) is 17.3. The van der Waals surface area contributed by atoms with Crippen molar-refractivity contribution in [1.29, 1.82) is 0 Å². The maximum Gasteiger partial charge on any atom is 0.524 e. The maximum atomic E-state index is 12.8. The Hall–Kier alpha value is -3.61. The van der Waals surface area contributed by atoms with Gasteiger partial charge >= 0.3 is 13.8 Å². The second kappa shape index (κ2) is 11.6. The first-order valence-corrected chi connectivity index (χ1v) is 13.7. The summed E-state index contributed by atoms with van der Waals surface area (Å²) in [5, 5.41) is 17.8. The lowest BCUT2D eigenvalue weighted by Crippen LogP contribution is -2.42. The number of benzene rings is 3. The van der Waals surface area contributed by atoms with Crippen LogP contribution in [0.25, 0.3) is 0 Å². The number of aliphatic carboxylic acids is 1. The third-order valence-corrected chi connectivity index (χ3v) is 6.91. The van der Waals surface area contributed by atoms with Gasteiger partial charge in [-0.05, 0) is 72.6 Å². The number of rotatable bonds is 11. The zero-order chi connectivity index (χ0) is 27.2. The van der Waals surface area contributed by atoms with Gasteiger partial charge in [0.1, 0.15) is 11.8 Å². The van der Waals surface area contributed by atoms with Crippen LogP contribution in [0.1, 0.15) is 5.56 Å². The van der Waals surface area contributed by atoms with Crippen LogP contribution in [-0.2, 0) is 25.8 Å². The van der Waals surface area contributed by atoms with Gasteiger partial charge in [-0.15, -0.1) is 0 Å². The summed E-state index contributed by atoms with van der Waals surface area (Å²) in [5.41, 5.74) is 2.44. The molecule has 0 radical (unpaired) electrons. The van der Waals surface area contributed by atoms with E-state index in [0.29, 0.717) is 16.9 Å². The molecule has 0 unspecified atom stereocenters. The highest BCUT2D eigenvalue weighted by Gasteiger charge is 2.26. The van der Waals surface area contributed by atoms with E-state index in [1.807, 2.05) is 31.1 Å². The summed E-state index contributed by atoms with van der Waals surface area (Å²) in [6.07, 6.45) is -0.219. The van der Waals surface area contributed by atoms with Crippen molar-refractivity contribution in [3.8, 4) is 5.75 Å². The standard InChI is InChI=1S/C23H25N4O8PS/c1-27(2)19-9-5-17(6-10-19)24-25-18-7-13-21(14-8-18)37(33,34)26-22(23(28)29)15-16-3-11-20(12-4-16)35-36(30,31)32/h3-14,22,26H,15H2,1-2H3,(H,28,29)(H2,30,31,32)/t22-/m0/s1. The number of anilines is 1. The number of nitrogens with one attached hydrogen (secondary N) is 1. The summed E-state index contributed by atoms with van der Waals surface area (Å²) in [5.74, 6) is -1.52. The molecule has 3 rings (SSSR count). The molecule has 0 saturated carbocycles. The molecule has 196 valence electrons. The average Bonchev–Trinajstić information content (AvgIpc) is 2.83. The predicted molar refractivity (Wildman–Crippen MR) is 136 cm³/mol. The van der Waals surface area contributed by atoms with Crippen molar-refractivity contribution in [3.05, 3.63) is 78.4 Å². The van der Waals surface area contributed by atoms with Crippen LogP contribution in [0.15, 0.2) is 87.9 Å². The first kappa shape index (κ1) is 28.0. The summed E-state index contributed by atoms with van der Waals surface area (Å²) in [7, 11) is -5.08. The van der Waals surface area contributed by atoms with E-state index >= 15 is 0 Å². The van der Waals surface area contributed by atoms with Gasteiger partial charge < -0.3 is 14.5 Å². The molecule has 37 heavy (non-hydrogen) atoms. The monoisotopic (exact) mass is 548 g/mol. The third kappa shape index (κ3) is 8.48. The van der Waals surface area contributed by atoms with Gasteiger partial charge in [0.05, 0.1) is 16.3 Å². The number of hydrogen-bond acceptors (Lipinski definition) is 8. The first-order valence-electron chi connectivity index (χ1n) is 10.7. The van der Waals surface area contributed by atoms with Crippen LogP contribution in [0.2, 0.25) is 0 Å². The minimum atomic E-state index is -4.74. The number of hydrogen-bond donors (Lipinski definition) is 4. The quantitative estimate of drug-likeness (QED) is 0.206. The van der Waals surface area contributed by atoms with E-state index in [1.54, 1.807) is 12.1 Å². The van der Waals surface area contributed by atoms with E-state index in [1.165, 1.54) is 48.5 Å². The Bertz CT molecular complexity index is 1400. The molecule has 3 aromatic carbocycles. The number of nitrogens with zero attached hydrogens (tertiary/aromatic N) is 3. The molecule has 3 aromatic rings. The predicted octanol–water partition coefficient (Wildman–Crippen LogP) is 3.61. The minimum absolute atomic E-state index is 0.118. The van der Waals surface area contributed by atoms with E-state index < -0.39 is 29.9 Å². The van der Waals surface area contributed by atoms with E-state index in [4.69, 9.17) is 9.79 Å². The smallest absolute Gasteiger partial charge is 0.480 e. The molecule has 0 aliphatic carbocycles. The van der Waals surface area contributed by atoms with Crippen molar-refractivity contribution in [2.45, 2.75) is 17.4 Å². The zero-order valence-corrected chi connectivity index (χ0v) is 21.5. The summed E-state index contributed by atoms with van der Waals surface area (Å²) >= 11 is 0. The van der Waals surface area contributed by atoms with Crippen LogP contribution in [0.4, 0.5) is 17.1 Å². The summed E-state index contributed by atoms with van der Waals surface area (Å²) in [4.78, 5) is 31.2. The molecule has 0 heterocycles. The lowest BCUT2D eigenvalue weighted by Gasteiger charge is -2.15. The fourth-order valence-electron chi connectivity index (χ4n) is 3.12. The molecule has 0 amide bonds. The van der Waals surface area contributed by atoms with Crippen LogP contribution >= 0.6 is 7.82 Å². The van der Waals surface area contributed by atoms with Crippen LogP contribution in [-0.4, -0.2) is 49.4 Å². The summed E-state index contributed by atoms with van der Waals surface area (Å²) < 4.78 is 43.1. The second-order valence-corrected chi connectivity index (χ2v) is 10.9. The molecule has 0 spiro atoms. The van der Waals surface area contributed by atoms with Crippen molar-refractivity contribution in [1.82, 2.24) is 4.72 Å². The molecule has 0 aliphatic heterocycles. The Kier molecular flexibility index (Phi) is 8.79. The summed E-state index contributed by atoms with van der Waals surface area (Å²) in [6.45, 7) is 0. The molecular formula is C23H25N4O8PS. The van der Waals surface area contributed by atoms with Crippen molar-refractivity contribution >= 4 is 40.9 Å². The van der Waals surface area contributed by atoms with Gasteiger partial charge in [0.15, 0.2) is 0 Å². The summed E-state index contributed by atoms with van der Waals surface area (Å²) in [6, 6.07) is 16.6. The van der Waals surface area contributed by atoms with Crippen molar-refractivity contribution in [2.75, 3.05) is 19.0 Å². The van der Waals surface area contributed by atoms with E-state index in [0.717, 1.165) is 5.69 Å². The number of phosphoric ester groups is 1. The largest absolute Gasteiger partial charge is 0.524 e. The third-order valence-electron chi connectivity index (χ3n) is 4.98. The Labute approximate surface area is 213 Å². The second-order valence-electron chi connectivity index (χ2n) is 8.05. The molecule has 4 N–H and O–H groups in total. The Balaban J connectivity index is 1.67. The molecule has 14 heteroatoms. The Morgan fingerprint density at radius 1 is 0.946 bits per heavy atom. The SMILES string of the molecule is CN(C)c1ccc(N=Nc2ccc(S(=O)(=O)N[C@@H](Cc3ccc(OP(=O)(O)O)cc3)C(=O)O)cc2)cc1. The normalized spacial score (nSPS) is 12.9. The number of carbonyl (C=O) groups is 1. The van der Waals surface area contributed by atoms with Crippen LogP contribution in [0.5, 0.6) is 5.75 Å². The zero-order valence-electron chi connectivity index (χ0n) is 19.8. The molecule has 0 saturated heterocycles. The molecular weight excluding hydrogens is 523 g/mol. The lowest BCUT2D eigenvalue weighted by molar-refractivity contribution is -0.138.